The molecule has 0 aliphatic carbocycles. The molecule has 0 saturated carbocycles. The highest BCUT2D eigenvalue weighted by molar-refractivity contribution is 9.10. The number of hydrogen-bond donors (Lipinski definition) is 0. The van der Waals surface area contributed by atoms with Crippen molar-refractivity contribution in [2.45, 2.75) is 19.6 Å². The lowest BCUT2D eigenvalue weighted by Gasteiger charge is -2.24. The summed E-state index contributed by atoms with van der Waals surface area (Å²) < 4.78 is 17.8. The number of carbonyl (C=O) groups is 2. The second-order valence-corrected chi connectivity index (χ2v) is 11.5. The third kappa shape index (κ3) is 6.61. The molecule has 39 heavy (non-hydrogen) atoms. The van der Waals surface area contributed by atoms with Crippen molar-refractivity contribution in [3.63, 3.8) is 0 Å². The SMILES string of the molecule is CCOc1cc(/C=C2\SC(=S)N(C(C(=O)OC)c3ccccc3)C2=O)cc(Br)c1OCc1c(Cl)cccc1Cl. The lowest BCUT2D eigenvalue weighted by molar-refractivity contribution is -0.148. The number of ether oxygens (including phenoxy) is 3. The average Bonchev–Trinajstić information content (AvgIpc) is 3.18. The standard InChI is InChI=1S/C28H22BrCl2NO5S2/c1-3-36-22-13-16(12-19(29)25(22)37-15-18-20(30)10-7-11-21(18)31)14-23-26(33)32(28(38)39-23)24(27(34)35-2)17-8-5-4-6-9-17/h4-14,24H,3,15H2,1-2H3/b23-14-. The number of rotatable bonds is 9. The summed E-state index contributed by atoms with van der Waals surface area (Å²) >= 11 is 22.8. The first-order valence-electron chi connectivity index (χ1n) is 11.7. The fourth-order valence-electron chi connectivity index (χ4n) is 3.88. The number of nitrogens with zero attached hydrogens (tertiary/aromatic N) is 1. The van der Waals surface area contributed by atoms with Gasteiger partial charge in [-0.25, -0.2) is 4.79 Å². The van der Waals surface area contributed by atoms with Gasteiger partial charge in [0.05, 0.1) is 23.1 Å². The second kappa shape index (κ2) is 13.2. The molecule has 1 aliphatic rings. The molecule has 1 unspecified atom stereocenters. The zero-order valence-corrected chi connectivity index (χ0v) is 25.5. The lowest BCUT2D eigenvalue weighted by Crippen LogP contribution is -2.37. The van der Waals surface area contributed by atoms with Gasteiger partial charge in [-0.05, 0) is 64.3 Å². The number of esters is 1. The predicted octanol–water partition coefficient (Wildman–Crippen LogP) is 7.85. The van der Waals surface area contributed by atoms with Crippen molar-refractivity contribution < 1.29 is 23.8 Å². The summed E-state index contributed by atoms with van der Waals surface area (Å²) in [6, 6.07) is 16.7. The molecule has 1 saturated heterocycles. The molecule has 3 aromatic rings. The summed E-state index contributed by atoms with van der Waals surface area (Å²) in [5, 5.41) is 0.993. The van der Waals surface area contributed by atoms with Crippen LogP contribution in [0, 0.1) is 0 Å². The Balaban J connectivity index is 1.64. The number of hydrogen-bond acceptors (Lipinski definition) is 7. The molecule has 0 N–H and O–H groups in total. The van der Waals surface area contributed by atoms with Crippen LogP contribution in [0.4, 0.5) is 0 Å². The normalized spacial score (nSPS) is 15.0. The molecule has 6 nitrogen and oxygen atoms in total. The van der Waals surface area contributed by atoms with E-state index in [1.807, 2.05) is 13.0 Å². The van der Waals surface area contributed by atoms with Gasteiger partial charge in [-0.3, -0.25) is 9.69 Å². The fourth-order valence-corrected chi connectivity index (χ4v) is 6.27. The van der Waals surface area contributed by atoms with E-state index < -0.39 is 17.9 Å². The van der Waals surface area contributed by atoms with Crippen molar-refractivity contribution in [1.29, 1.82) is 0 Å². The molecule has 11 heteroatoms. The minimum atomic E-state index is -0.993. The molecule has 0 aromatic heterocycles. The number of benzene rings is 3. The Morgan fingerprint density at radius 3 is 2.44 bits per heavy atom. The maximum Gasteiger partial charge on any atom is 0.333 e. The Bertz CT molecular complexity index is 1430. The van der Waals surface area contributed by atoms with Gasteiger partial charge in [0.25, 0.3) is 5.91 Å². The lowest BCUT2D eigenvalue weighted by atomic mass is 10.1. The summed E-state index contributed by atoms with van der Waals surface area (Å²) in [6.45, 7) is 2.37. The van der Waals surface area contributed by atoms with Gasteiger partial charge in [0.15, 0.2) is 17.5 Å². The van der Waals surface area contributed by atoms with E-state index in [2.05, 4.69) is 15.9 Å². The van der Waals surface area contributed by atoms with Gasteiger partial charge < -0.3 is 14.2 Å². The molecular formula is C28H22BrCl2NO5S2. The van der Waals surface area contributed by atoms with E-state index in [4.69, 9.17) is 49.6 Å². The van der Waals surface area contributed by atoms with Crippen LogP contribution in [-0.2, 0) is 20.9 Å². The highest BCUT2D eigenvalue weighted by atomic mass is 79.9. The van der Waals surface area contributed by atoms with E-state index >= 15 is 0 Å². The van der Waals surface area contributed by atoms with Gasteiger partial charge in [0.2, 0.25) is 0 Å². The summed E-state index contributed by atoms with van der Waals surface area (Å²) in [6.07, 6.45) is 1.70. The van der Waals surface area contributed by atoms with Crippen molar-refractivity contribution in [3.05, 3.63) is 96.8 Å². The van der Waals surface area contributed by atoms with Crippen molar-refractivity contribution >= 4 is 85.4 Å². The van der Waals surface area contributed by atoms with Crippen molar-refractivity contribution in [2.24, 2.45) is 0 Å². The second-order valence-electron chi connectivity index (χ2n) is 8.14. The first-order chi connectivity index (χ1) is 18.7. The molecule has 1 amide bonds. The maximum absolute atomic E-state index is 13.5. The molecule has 3 aromatic carbocycles. The van der Waals surface area contributed by atoms with Crippen molar-refractivity contribution in [3.8, 4) is 11.5 Å². The number of methoxy groups -OCH3 is 1. The van der Waals surface area contributed by atoms with Crippen LogP contribution in [0.2, 0.25) is 10.0 Å². The van der Waals surface area contributed by atoms with Gasteiger partial charge in [-0.2, -0.15) is 0 Å². The third-order valence-electron chi connectivity index (χ3n) is 5.67. The maximum atomic E-state index is 13.5. The van der Waals surface area contributed by atoms with E-state index in [0.717, 1.165) is 11.8 Å². The molecule has 0 radical (unpaired) electrons. The van der Waals surface area contributed by atoms with Gasteiger partial charge in [0.1, 0.15) is 10.9 Å². The summed E-state index contributed by atoms with van der Waals surface area (Å²) in [7, 11) is 1.28. The highest BCUT2D eigenvalue weighted by Gasteiger charge is 2.42. The van der Waals surface area contributed by atoms with Crippen molar-refractivity contribution in [1.82, 2.24) is 4.90 Å². The number of carbonyl (C=O) groups excluding carboxylic acids is 2. The van der Waals surface area contributed by atoms with Crippen LogP contribution in [0.1, 0.15) is 29.7 Å². The van der Waals surface area contributed by atoms with Crippen LogP contribution in [0.15, 0.2) is 70.0 Å². The number of halogens is 3. The van der Waals surface area contributed by atoms with Crippen LogP contribution in [0.25, 0.3) is 6.08 Å². The zero-order valence-electron chi connectivity index (χ0n) is 20.8. The van der Waals surface area contributed by atoms with Gasteiger partial charge in [0, 0.05) is 15.6 Å². The molecular weight excluding hydrogens is 645 g/mol. The Morgan fingerprint density at radius 1 is 1.10 bits per heavy atom. The first kappa shape index (κ1) is 29.4. The highest BCUT2D eigenvalue weighted by Crippen LogP contribution is 2.42. The Morgan fingerprint density at radius 2 is 1.79 bits per heavy atom. The molecule has 1 aliphatic heterocycles. The topological polar surface area (TPSA) is 65.1 Å². The minimum Gasteiger partial charge on any atom is -0.490 e. The molecule has 0 spiro atoms. The Kier molecular flexibility index (Phi) is 9.96. The predicted molar refractivity (Wildman–Crippen MR) is 162 cm³/mol. The molecule has 0 bridgehead atoms. The van der Waals surface area contributed by atoms with Gasteiger partial charge in [-0.15, -0.1) is 0 Å². The van der Waals surface area contributed by atoms with Crippen LogP contribution in [0.5, 0.6) is 11.5 Å². The smallest absolute Gasteiger partial charge is 0.333 e. The molecule has 1 atom stereocenters. The number of thioether (sulfide) groups is 1. The number of amides is 1. The van der Waals surface area contributed by atoms with Gasteiger partial charge in [-0.1, -0.05) is 83.6 Å². The summed E-state index contributed by atoms with van der Waals surface area (Å²) in [5.41, 5.74) is 1.92. The van der Waals surface area contributed by atoms with Gasteiger partial charge >= 0.3 is 5.97 Å². The fraction of sp³-hybridized carbons (Fsp3) is 0.179. The summed E-state index contributed by atoms with van der Waals surface area (Å²) in [4.78, 5) is 27.8. The van der Waals surface area contributed by atoms with Crippen LogP contribution in [-0.4, -0.2) is 34.8 Å². The monoisotopic (exact) mass is 665 g/mol. The van der Waals surface area contributed by atoms with Crippen LogP contribution in [0.3, 0.4) is 0 Å². The molecule has 1 fully saturated rings. The Labute approximate surface area is 254 Å². The van der Waals surface area contributed by atoms with E-state index in [9.17, 15) is 9.59 Å². The quantitative estimate of drug-likeness (QED) is 0.131. The Hall–Kier alpha value is -2.56. The van der Waals surface area contributed by atoms with E-state index in [-0.39, 0.29) is 10.9 Å². The van der Waals surface area contributed by atoms with Crippen LogP contribution < -0.4 is 9.47 Å². The minimum absolute atomic E-state index is 0.129. The van der Waals surface area contributed by atoms with Crippen molar-refractivity contribution in [2.75, 3.05) is 13.7 Å². The molecule has 4 rings (SSSR count). The van der Waals surface area contributed by atoms with E-state index in [1.165, 1.54) is 12.0 Å². The summed E-state index contributed by atoms with van der Waals surface area (Å²) in [5.74, 6) is -0.0480. The van der Waals surface area contributed by atoms with E-state index in [1.54, 1.807) is 60.7 Å². The largest absolute Gasteiger partial charge is 0.490 e. The van der Waals surface area contributed by atoms with Crippen LogP contribution >= 0.6 is 63.1 Å². The number of thiocarbonyl (C=S) groups is 1. The van der Waals surface area contributed by atoms with E-state index in [0.29, 0.717) is 54.2 Å². The molecule has 202 valence electrons. The average molecular weight is 667 g/mol. The first-order valence-corrected chi connectivity index (χ1v) is 14.4. The third-order valence-corrected chi connectivity index (χ3v) is 8.30. The molecule has 1 heterocycles. The zero-order chi connectivity index (χ0) is 28.1.